The van der Waals surface area contributed by atoms with Crippen molar-refractivity contribution in [1.29, 1.82) is 0 Å². The Morgan fingerprint density at radius 3 is 2.64 bits per heavy atom. The summed E-state index contributed by atoms with van der Waals surface area (Å²) in [4.78, 5) is 7.19. The molecule has 1 N–H and O–H groups in total. The number of guanidine groups is 1. The smallest absolute Gasteiger partial charge is 0.193 e. The molecule has 0 radical (unpaired) electrons. The van der Waals surface area contributed by atoms with E-state index in [0.29, 0.717) is 6.10 Å². The van der Waals surface area contributed by atoms with Crippen molar-refractivity contribution in [2.75, 3.05) is 32.8 Å². The zero-order chi connectivity index (χ0) is 18.9. The van der Waals surface area contributed by atoms with E-state index >= 15 is 0 Å². The van der Waals surface area contributed by atoms with E-state index < -0.39 is 0 Å². The van der Waals surface area contributed by atoms with Gasteiger partial charge in [-0.05, 0) is 50.8 Å². The van der Waals surface area contributed by atoms with Crippen LogP contribution in [0.5, 0.6) is 0 Å². The molecule has 1 aliphatic heterocycles. The Bertz CT molecular complexity index is 711. The van der Waals surface area contributed by atoms with Gasteiger partial charge in [-0.3, -0.25) is 4.99 Å². The Hall–Kier alpha value is -1.61. The maximum absolute atomic E-state index is 5.75. The first kappa shape index (κ1) is 22.7. The molecular weight excluding hydrogens is 465 g/mol. The van der Waals surface area contributed by atoms with Crippen molar-refractivity contribution in [2.45, 2.75) is 39.2 Å². The van der Waals surface area contributed by atoms with E-state index in [1.165, 1.54) is 5.56 Å². The highest BCUT2D eigenvalue weighted by atomic mass is 127. The van der Waals surface area contributed by atoms with E-state index in [0.717, 1.165) is 63.7 Å². The number of hydrogen-bond donors (Lipinski definition) is 1. The number of aliphatic imine (C=N–C) groups is 1. The van der Waals surface area contributed by atoms with Gasteiger partial charge in [-0.25, -0.2) is 4.68 Å². The average Bonchev–Trinajstić information content (AvgIpc) is 3.18. The minimum Gasteiger partial charge on any atom is -0.378 e. The van der Waals surface area contributed by atoms with E-state index in [2.05, 4.69) is 47.5 Å². The van der Waals surface area contributed by atoms with Crippen molar-refractivity contribution >= 4 is 29.9 Å². The van der Waals surface area contributed by atoms with Crippen LogP contribution in [-0.4, -0.2) is 59.5 Å². The zero-order valence-electron chi connectivity index (χ0n) is 16.9. The molecule has 1 aliphatic rings. The number of aromatic nitrogens is 2. The van der Waals surface area contributed by atoms with Crippen LogP contribution in [0.25, 0.3) is 5.69 Å². The lowest BCUT2D eigenvalue weighted by atomic mass is 10.1. The SMILES string of the molecule is CCNC(=NCCc1cnn(-c2ccccc2)c1)N1CCC(OCC)CC1.I. The van der Waals surface area contributed by atoms with E-state index in [9.17, 15) is 0 Å². The maximum atomic E-state index is 5.75. The summed E-state index contributed by atoms with van der Waals surface area (Å²) in [5.41, 5.74) is 2.28. The second-order valence-corrected chi connectivity index (χ2v) is 6.76. The highest BCUT2D eigenvalue weighted by molar-refractivity contribution is 14.0. The number of ether oxygens (including phenoxy) is 1. The molecule has 0 aliphatic carbocycles. The predicted molar refractivity (Wildman–Crippen MR) is 125 cm³/mol. The van der Waals surface area contributed by atoms with Crippen LogP contribution in [0.1, 0.15) is 32.3 Å². The normalized spacial score (nSPS) is 15.4. The van der Waals surface area contributed by atoms with Gasteiger partial charge in [0, 0.05) is 39.0 Å². The minimum absolute atomic E-state index is 0. The molecule has 7 heteroatoms. The lowest BCUT2D eigenvalue weighted by Gasteiger charge is -2.34. The van der Waals surface area contributed by atoms with Crippen LogP contribution >= 0.6 is 24.0 Å². The third kappa shape index (κ3) is 6.48. The first-order valence-corrected chi connectivity index (χ1v) is 10.0. The summed E-state index contributed by atoms with van der Waals surface area (Å²) >= 11 is 0. The number of para-hydroxylation sites is 1. The molecule has 0 bridgehead atoms. The first-order chi connectivity index (χ1) is 13.3. The van der Waals surface area contributed by atoms with Gasteiger partial charge in [-0.2, -0.15) is 5.10 Å². The van der Waals surface area contributed by atoms with E-state index in [1.807, 2.05) is 29.1 Å². The molecule has 28 heavy (non-hydrogen) atoms. The van der Waals surface area contributed by atoms with Crippen LogP contribution < -0.4 is 5.32 Å². The van der Waals surface area contributed by atoms with Crippen molar-refractivity contribution in [1.82, 2.24) is 20.0 Å². The van der Waals surface area contributed by atoms with Gasteiger partial charge >= 0.3 is 0 Å². The third-order valence-electron chi connectivity index (χ3n) is 4.80. The average molecular weight is 497 g/mol. The highest BCUT2D eigenvalue weighted by Crippen LogP contribution is 2.14. The summed E-state index contributed by atoms with van der Waals surface area (Å²) in [6.07, 6.45) is 7.45. The number of nitrogens with zero attached hydrogens (tertiary/aromatic N) is 4. The number of piperidine rings is 1. The second-order valence-electron chi connectivity index (χ2n) is 6.76. The van der Waals surface area contributed by atoms with Gasteiger partial charge in [-0.1, -0.05) is 18.2 Å². The van der Waals surface area contributed by atoms with Gasteiger partial charge < -0.3 is 15.0 Å². The molecule has 6 nitrogen and oxygen atoms in total. The Labute approximate surface area is 185 Å². The summed E-state index contributed by atoms with van der Waals surface area (Å²) in [6.45, 7) is 8.63. The van der Waals surface area contributed by atoms with Crippen LogP contribution in [0, 0.1) is 0 Å². The number of rotatable bonds is 7. The minimum atomic E-state index is 0. The summed E-state index contributed by atoms with van der Waals surface area (Å²) in [5.74, 6) is 1.02. The number of benzene rings is 1. The molecule has 0 atom stereocenters. The molecular formula is C21H32IN5O. The van der Waals surface area contributed by atoms with Crippen LogP contribution in [0.4, 0.5) is 0 Å². The fourth-order valence-corrected chi connectivity index (χ4v) is 3.40. The predicted octanol–water partition coefficient (Wildman–Crippen LogP) is 3.50. The molecule has 1 aromatic carbocycles. The summed E-state index contributed by atoms with van der Waals surface area (Å²) in [6, 6.07) is 10.2. The third-order valence-corrected chi connectivity index (χ3v) is 4.80. The van der Waals surface area contributed by atoms with E-state index in [1.54, 1.807) is 0 Å². The van der Waals surface area contributed by atoms with Crippen LogP contribution in [-0.2, 0) is 11.2 Å². The number of hydrogen-bond acceptors (Lipinski definition) is 3. The quantitative estimate of drug-likeness (QED) is 0.362. The van der Waals surface area contributed by atoms with Crippen molar-refractivity contribution in [2.24, 2.45) is 4.99 Å². The molecule has 2 aromatic rings. The lowest BCUT2D eigenvalue weighted by molar-refractivity contribution is 0.0264. The summed E-state index contributed by atoms with van der Waals surface area (Å²) in [7, 11) is 0. The van der Waals surface area contributed by atoms with Gasteiger partial charge in [0.1, 0.15) is 0 Å². The van der Waals surface area contributed by atoms with Gasteiger partial charge in [0.05, 0.1) is 18.0 Å². The Morgan fingerprint density at radius 2 is 1.96 bits per heavy atom. The number of nitrogens with one attached hydrogen (secondary N) is 1. The fourth-order valence-electron chi connectivity index (χ4n) is 3.40. The highest BCUT2D eigenvalue weighted by Gasteiger charge is 2.21. The van der Waals surface area contributed by atoms with Crippen molar-refractivity contribution in [3.8, 4) is 5.69 Å². The number of likely N-dealkylation sites (tertiary alicyclic amines) is 1. The van der Waals surface area contributed by atoms with E-state index in [4.69, 9.17) is 9.73 Å². The Kier molecular flexibility index (Phi) is 9.77. The van der Waals surface area contributed by atoms with Gasteiger partial charge in [0.2, 0.25) is 0 Å². The topological polar surface area (TPSA) is 54.7 Å². The molecule has 0 amide bonds. The standard InChI is InChI=1S/C21H31N5O.HI/c1-3-22-21(25-14-11-20(12-15-25)27-4-2)23-13-10-18-16-24-26(17-18)19-8-6-5-7-9-19;/h5-9,16-17,20H,3-4,10-15H2,1-2H3,(H,22,23);1H. The molecule has 154 valence electrons. The van der Waals surface area contributed by atoms with E-state index in [-0.39, 0.29) is 24.0 Å². The molecule has 0 saturated carbocycles. The molecule has 0 unspecified atom stereocenters. The maximum Gasteiger partial charge on any atom is 0.193 e. The largest absolute Gasteiger partial charge is 0.378 e. The van der Waals surface area contributed by atoms with Crippen molar-refractivity contribution in [3.05, 3.63) is 48.3 Å². The first-order valence-electron chi connectivity index (χ1n) is 10.0. The van der Waals surface area contributed by atoms with Crippen LogP contribution in [0.2, 0.25) is 0 Å². The summed E-state index contributed by atoms with van der Waals surface area (Å²) < 4.78 is 7.67. The van der Waals surface area contributed by atoms with Crippen LogP contribution in [0.15, 0.2) is 47.7 Å². The van der Waals surface area contributed by atoms with Gasteiger partial charge in [0.15, 0.2) is 5.96 Å². The molecule has 1 fully saturated rings. The van der Waals surface area contributed by atoms with Gasteiger partial charge in [0.25, 0.3) is 0 Å². The second kappa shape index (κ2) is 12.1. The lowest BCUT2D eigenvalue weighted by Crippen LogP contribution is -2.47. The van der Waals surface area contributed by atoms with Crippen molar-refractivity contribution < 1.29 is 4.74 Å². The molecule has 1 aromatic heterocycles. The Balaban J connectivity index is 0.00000280. The summed E-state index contributed by atoms with van der Waals surface area (Å²) in [5, 5.41) is 7.90. The van der Waals surface area contributed by atoms with Crippen molar-refractivity contribution in [3.63, 3.8) is 0 Å². The Morgan fingerprint density at radius 1 is 1.21 bits per heavy atom. The molecule has 2 heterocycles. The van der Waals surface area contributed by atoms with Gasteiger partial charge in [-0.15, -0.1) is 24.0 Å². The van der Waals surface area contributed by atoms with Crippen LogP contribution in [0.3, 0.4) is 0 Å². The zero-order valence-corrected chi connectivity index (χ0v) is 19.2. The molecule has 1 saturated heterocycles. The number of halogens is 1. The molecule has 0 spiro atoms. The monoisotopic (exact) mass is 497 g/mol. The molecule has 3 rings (SSSR count). The fraction of sp³-hybridized carbons (Fsp3) is 0.524.